The molecule has 27 heavy (non-hydrogen) atoms. The Labute approximate surface area is 159 Å². The Hall–Kier alpha value is -2.38. The number of guanidine groups is 1. The van der Waals surface area contributed by atoms with E-state index >= 15 is 0 Å². The number of aliphatic imine (C=N–C) groups is 1. The Balaban J connectivity index is 2.34. The number of methoxy groups -OCH3 is 1. The van der Waals surface area contributed by atoms with E-state index in [9.17, 15) is 13.6 Å². The summed E-state index contributed by atoms with van der Waals surface area (Å²) in [7, 11) is 3.04. The molecule has 0 unspecified atom stereocenters. The number of carbonyl (C=O) groups excluding carboxylic acids is 1. The Bertz CT molecular complexity index is 610. The molecule has 0 heterocycles. The third kappa shape index (κ3) is 9.77. The molecule has 152 valence electrons. The predicted molar refractivity (Wildman–Crippen MR) is 101 cm³/mol. The van der Waals surface area contributed by atoms with Crippen LogP contribution < -0.4 is 15.4 Å². The summed E-state index contributed by atoms with van der Waals surface area (Å²) < 4.78 is 34.2. The first-order valence-corrected chi connectivity index (χ1v) is 9.02. The number of carbonyl (C=O) groups is 1. The average Bonchev–Trinajstić information content (AvgIpc) is 2.64. The molecule has 6 nitrogen and oxygen atoms in total. The summed E-state index contributed by atoms with van der Waals surface area (Å²) in [6.45, 7) is 0.0838. The molecule has 0 aliphatic heterocycles. The van der Waals surface area contributed by atoms with Crippen LogP contribution in [-0.2, 0) is 16.1 Å². The van der Waals surface area contributed by atoms with Gasteiger partial charge in [-0.1, -0.05) is 30.5 Å². The third-order valence-electron chi connectivity index (χ3n) is 3.93. The van der Waals surface area contributed by atoms with Crippen molar-refractivity contribution in [1.82, 2.24) is 10.6 Å². The second-order valence-corrected chi connectivity index (χ2v) is 6.08. The van der Waals surface area contributed by atoms with E-state index in [1.54, 1.807) is 25.2 Å². The zero-order valence-corrected chi connectivity index (χ0v) is 16.2. The molecule has 0 atom stereocenters. The first-order chi connectivity index (χ1) is 13.0. The highest BCUT2D eigenvalue weighted by molar-refractivity contribution is 5.79. The van der Waals surface area contributed by atoms with Crippen molar-refractivity contribution in [3.63, 3.8) is 0 Å². The molecule has 2 N–H and O–H groups in total. The van der Waals surface area contributed by atoms with Crippen LogP contribution in [0.3, 0.4) is 0 Å². The highest BCUT2D eigenvalue weighted by Crippen LogP contribution is 2.21. The molecule has 0 bridgehead atoms. The van der Waals surface area contributed by atoms with Crippen LogP contribution in [0, 0.1) is 6.92 Å². The molecule has 0 aliphatic carbocycles. The molecular formula is C19H29F2N3O3. The van der Waals surface area contributed by atoms with E-state index in [2.05, 4.69) is 25.1 Å². The lowest BCUT2D eigenvalue weighted by atomic mass is 10.1. The van der Waals surface area contributed by atoms with Gasteiger partial charge in [0.15, 0.2) is 5.96 Å². The SMILES string of the molecule is CN=C(NCCCCCCC(=O)OC)NCc1cc(C)ccc1OC(F)F. The van der Waals surface area contributed by atoms with Gasteiger partial charge in [0.25, 0.3) is 0 Å². The van der Waals surface area contributed by atoms with Gasteiger partial charge in [-0.25, -0.2) is 0 Å². The van der Waals surface area contributed by atoms with Gasteiger partial charge in [-0.05, 0) is 25.8 Å². The lowest BCUT2D eigenvalue weighted by Gasteiger charge is -2.15. The highest BCUT2D eigenvalue weighted by atomic mass is 19.3. The first kappa shape index (κ1) is 22.7. The van der Waals surface area contributed by atoms with E-state index in [-0.39, 0.29) is 11.7 Å². The Morgan fingerprint density at radius 3 is 2.59 bits per heavy atom. The molecule has 1 aromatic rings. The number of aryl methyl sites for hydroxylation is 1. The minimum absolute atomic E-state index is 0.157. The number of nitrogens with zero attached hydrogens (tertiary/aromatic N) is 1. The second kappa shape index (κ2) is 12.9. The van der Waals surface area contributed by atoms with E-state index in [1.165, 1.54) is 7.11 Å². The first-order valence-electron chi connectivity index (χ1n) is 9.02. The standard InChI is InChI=1S/C19H29F2N3O3/c1-14-9-10-16(27-18(20)21)15(12-14)13-24-19(22-2)23-11-7-5-4-6-8-17(25)26-3/h9-10,12,18H,4-8,11,13H2,1-3H3,(H2,22,23,24). The van der Waals surface area contributed by atoms with Gasteiger partial charge in [0.1, 0.15) is 5.75 Å². The van der Waals surface area contributed by atoms with Gasteiger partial charge in [-0.15, -0.1) is 0 Å². The predicted octanol–water partition coefficient (Wildman–Crippen LogP) is 3.38. The molecule has 0 spiro atoms. The second-order valence-electron chi connectivity index (χ2n) is 6.08. The van der Waals surface area contributed by atoms with E-state index in [0.29, 0.717) is 24.5 Å². The summed E-state index contributed by atoms with van der Waals surface area (Å²) in [4.78, 5) is 15.1. The summed E-state index contributed by atoms with van der Waals surface area (Å²) in [5.41, 5.74) is 1.60. The molecule has 0 saturated heterocycles. The lowest BCUT2D eigenvalue weighted by molar-refractivity contribution is -0.140. The quantitative estimate of drug-likeness (QED) is 0.264. The number of unbranched alkanes of at least 4 members (excludes halogenated alkanes) is 3. The molecule has 8 heteroatoms. The zero-order chi connectivity index (χ0) is 20.1. The number of esters is 1. The fourth-order valence-electron chi connectivity index (χ4n) is 2.51. The van der Waals surface area contributed by atoms with Crippen molar-refractivity contribution in [1.29, 1.82) is 0 Å². The van der Waals surface area contributed by atoms with Crippen molar-refractivity contribution >= 4 is 11.9 Å². The van der Waals surface area contributed by atoms with E-state index in [0.717, 1.165) is 37.8 Å². The van der Waals surface area contributed by atoms with Crippen LogP contribution >= 0.6 is 0 Å². The minimum Gasteiger partial charge on any atom is -0.469 e. The number of benzene rings is 1. The van der Waals surface area contributed by atoms with Crippen LogP contribution in [-0.4, -0.2) is 39.2 Å². The summed E-state index contributed by atoms with van der Waals surface area (Å²) in [5, 5.41) is 6.29. The molecule has 0 saturated carbocycles. The van der Waals surface area contributed by atoms with Crippen molar-refractivity contribution in [2.75, 3.05) is 20.7 Å². The third-order valence-corrected chi connectivity index (χ3v) is 3.93. The van der Waals surface area contributed by atoms with Crippen molar-refractivity contribution in [3.8, 4) is 5.75 Å². The molecular weight excluding hydrogens is 356 g/mol. The van der Waals surface area contributed by atoms with Crippen LogP contribution in [0.25, 0.3) is 0 Å². The van der Waals surface area contributed by atoms with E-state index < -0.39 is 6.61 Å². The Morgan fingerprint density at radius 2 is 1.93 bits per heavy atom. The largest absolute Gasteiger partial charge is 0.469 e. The zero-order valence-electron chi connectivity index (χ0n) is 16.2. The van der Waals surface area contributed by atoms with Gasteiger partial charge >= 0.3 is 12.6 Å². The number of alkyl halides is 2. The van der Waals surface area contributed by atoms with Crippen LogP contribution in [0.1, 0.15) is 43.2 Å². The molecule has 0 amide bonds. The maximum atomic E-state index is 12.5. The van der Waals surface area contributed by atoms with Gasteiger partial charge in [0.2, 0.25) is 0 Å². The summed E-state index contributed by atoms with van der Waals surface area (Å²) in [6.07, 6.45) is 4.16. The van der Waals surface area contributed by atoms with Crippen LogP contribution in [0.5, 0.6) is 5.75 Å². The number of rotatable bonds is 11. The maximum absolute atomic E-state index is 12.5. The number of ether oxygens (including phenoxy) is 2. The number of nitrogens with one attached hydrogen (secondary N) is 2. The smallest absolute Gasteiger partial charge is 0.387 e. The topological polar surface area (TPSA) is 72.0 Å². The minimum atomic E-state index is -2.86. The Morgan fingerprint density at radius 1 is 1.19 bits per heavy atom. The van der Waals surface area contributed by atoms with Crippen molar-refractivity contribution in [2.45, 2.75) is 52.2 Å². The van der Waals surface area contributed by atoms with Crippen LogP contribution in [0.2, 0.25) is 0 Å². The molecule has 0 fully saturated rings. The van der Waals surface area contributed by atoms with E-state index in [4.69, 9.17) is 0 Å². The molecule has 1 rings (SSSR count). The molecule has 1 aromatic carbocycles. The monoisotopic (exact) mass is 385 g/mol. The van der Waals surface area contributed by atoms with Crippen molar-refractivity contribution in [3.05, 3.63) is 29.3 Å². The molecule has 0 radical (unpaired) electrons. The van der Waals surface area contributed by atoms with E-state index in [1.807, 2.05) is 6.92 Å². The van der Waals surface area contributed by atoms with Gasteiger partial charge in [-0.3, -0.25) is 9.79 Å². The van der Waals surface area contributed by atoms with Crippen LogP contribution in [0.15, 0.2) is 23.2 Å². The number of halogens is 2. The highest BCUT2D eigenvalue weighted by Gasteiger charge is 2.10. The van der Waals surface area contributed by atoms with Crippen molar-refractivity contribution in [2.24, 2.45) is 4.99 Å². The lowest BCUT2D eigenvalue weighted by Crippen LogP contribution is -2.37. The summed E-state index contributed by atoms with van der Waals surface area (Å²) in [5.74, 6) is 0.572. The van der Waals surface area contributed by atoms with Crippen molar-refractivity contribution < 1.29 is 23.0 Å². The average molecular weight is 385 g/mol. The van der Waals surface area contributed by atoms with Gasteiger partial charge < -0.3 is 20.1 Å². The summed E-state index contributed by atoms with van der Waals surface area (Å²) >= 11 is 0. The summed E-state index contributed by atoms with van der Waals surface area (Å²) in [6, 6.07) is 5.08. The molecule has 0 aliphatic rings. The maximum Gasteiger partial charge on any atom is 0.387 e. The number of hydrogen-bond donors (Lipinski definition) is 2. The molecule has 0 aromatic heterocycles. The van der Waals surface area contributed by atoms with Gasteiger partial charge in [0.05, 0.1) is 7.11 Å². The fourth-order valence-corrected chi connectivity index (χ4v) is 2.51. The fraction of sp³-hybridized carbons (Fsp3) is 0.579. The van der Waals surface area contributed by atoms with Crippen LogP contribution in [0.4, 0.5) is 8.78 Å². The normalized spacial score (nSPS) is 11.4. The van der Waals surface area contributed by atoms with Gasteiger partial charge in [-0.2, -0.15) is 8.78 Å². The van der Waals surface area contributed by atoms with Gasteiger partial charge in [0, 0.05) is 32.1 Å². The number of hydrogen-bond acceptors (Lipinski definition) is 4. The Kier molecular flexibility index (Phi) is 10.8.